The summed E-state index contributed by atoms with van der Waals surface area (Å²) in [6.07, 6.45) is 9.91. The molecular formula is C91H63N9. The monoisotopic (exact) mass is 1280 g/mol. The predicted octanol–water partition coefficient (Wildman–Crippen LogP) is 24.1. The third kappa shape index (κ3) is 8.81. The Kier molecular flexibility index (Phi) is 12.4. The van der Waals surface area contributed by atoms with Crippen LogP contribution in [-0.4, -0.2) is 45.9 Å². The lowest BCUT2D eigenvalue weighted by molar-refractivity contribution is 0.810. The highest BCUT2D eigenvalue weighted by atomic mass is 15.0. The average Bonchev–Trinajstić information content (AvgIpc) is 1.63. The van der Waals surface area contributed by atoms with Crippen LogP contribution in [-0.2, 0) is 6.42 Å². The molecule has 9 N–H and O–H groups in total. The van der Waals surface area contributed by atoms with Crippen LogP contribution in [0.4, 0.5) is 5.69 Å². The fraction of sp³-hybridized carbons (Fsp3) is 0.0330. The number of aromatic amines is 8. The van der Waals surface area contributed by atoms with E-state index >= 15 is 0 Å². The summed E-state index contributed by atoms with van der Waals surface area (Å²) in [4.78, 5) is 28.2. The number of hydrogen-bond acceptors (Lipinski definition) is 1. The van der Waals surface area contributed by atoms with Gasteiger partial charge in [-0.1, -0.05) is 212 Å². The van der Waals surface area contributed by atoms with Gasteiger partial charge in [-0.2, -0.15) is 0 Å². The van der Waals surface area contributed by atoms with Crippen molar-refractivity contribution in [2.45, 2.75) is 18.4 Å². The Morgan fingerprint density at radius 3 is 1.16 bits per heavy atom. The Bertz CT molecular complexity index is 6940. The minimum absolute atomic E-state index is 0.397. The van der Waals surface area contributed by atoms with Crippen molar-refractivity contribution < 1.29 is 0 Å². The SMILES string of the molecule is C1=CC2Nc3ccc4[nH]c5ccccc5c4c3C2C=C1.c1ccc2c(c1)Cc1cc3c(cc1-2)[nH]c1ccccc13.c1ccc2c(c1)[nH]c1c2ccc2[nH]c3ccccc3c21.c1ccc2c(c1)[nH]c1c2ccc2c3ccccc3[nH]c21.c1ccc2c(c1)[nH]c1cc3[nH]c4ccccc4c3cc12. The van der Waals surface area contributed by atoms with Gasteiger partial charge in [-0.25, -0.2) is 0 Å². The smallest absolute Gasteiger partial charge is 0.0710 e. The Morgan fingerprint density at radius 2 is 0.610 bits per heavy atom. The van der Waals surface area contributed by atoms with Crippen LogP contribution in [0.15, 0.2) is 303 Å². The molecule has 0 amide bonds. The molecule has 100 heavy (non-hydrogen) atoms. The van der Waals surface area contributed by atoms with Crippen LogP contribution in [0.1, 0.15) is 22.6 Å². The van der Waals surface area contributed by atoms with E-state index in [1.54, 1.807) is 0 Å². The molecule has 22 aromatic rings. The van der Waals surface area contributed by atoms with Gasteiger partial charge in [-0.05, 0) is 125 Å². The van der Waals surface area contributed by atoms with E-state index in [9.17, 15) is 0 Å². The molecule has 0 saturated carbocycles. The van der Waals surface area contributed by atoms with Gasteiger partial charge >= 0.3 is 0 Å². The number of rotatable bonds is 0. The molecule has 472 valence electrons. The molecule has 9 nitrogen and oxygen atoms in total. The van der Waals surface area contributed by atoms with E-state index in [0.29, 0.717) is 12.0 Å². The van der Waals surface area contributed by atoms with Crippen molar-refractivity contribution in [3.8, 4) is 11.1 Å². The molecule has 1 aliphatic heterocycles. The second kappa shape index (κ2) is 22.2. The number of anilines is 1. The molecule has 2 atom stereocenters. The lowest BCUT2D eigenvalue weighted by Gasteiger charge is -2.16. The molecule has 0 spiro atoms. The van der Waals surface area contributed by atoms with E-state index in [1.807, 2.05) is 0 Å². The topological polar surface area (TPSA) is 138 Å². The molecule has 0 fully saturated rings. The van der Waals surface area contributed by atoms with E-state index in [-0.39, 0.29) is 0 Å². The number of aromatic nitrogens is 8. The first kappa shape index (κ1) is 56.0. The molecule has 0 saturated heterocycles. The van der Waals surface area contributed by atoms with Gasteiger partial charge in [0, 0.05) is 170 Å². The van der Waals surface area contributed by atoms with Crippen LogP contribution < -0.4 is 5.32 Å². The number of H-pyrrole nitrogens is 8. The minimum Gasteiger partial charge on any atom is -0.378 e. The van der Waals surface area contributed by atoms with E-state index in [4.69, 9.17) is 0 Å². The second-order valence-corrected chi connectivity index (χ2v) is 26.9. The lowest BCUT2D eigenvalue weighted by Crippen LogP contribution is -2.17. The van der Waals surface area contributed by atoms with Crippen molar-refractivity contribution in [3.05, 3.63) is 320 Å². The van der Waals surface area contributed by atoms with E-state index in [2.05, 4.69) is 349 Å². The van der Waals surface area contributed by atoms with Crippen LogP contribution in [0.5, 0.6) is 0 Å². The normalized spacial score (nSPS) is 14.4. The molecular weight excluding hydrogens is 1220 g/mol. The fourth-order valence-electron chi connectivity index (χ4n) is 16.8. The van der Waals surface area contributed by atoms with Crippen molar-refractivity contribution in [1.82, 2.24) is 39.9 Å². The van der Waals surface area contributed by atoms with Gasteiger partial charge < -0.3 is 45.2 Å². The van der Waals surface area contributed by atoms with Crippen LogP contribution in [0, 0.1) is 0 Å². The van der Waals surface area contributed by atoms with Gasteiger partial charge in [0.2, 0.25) is 0 Å². The summed E-state index contributed by atoms with van der Waals surface area (Å²) in [6.45, 7) is 0. The predicted molar refractivity (Wildman–Crippen MR) is 424 cm³/mol. The second-order valence-electron chi connectivity index (χ2n) is 26.9. The van der Waals surface area contributed by atoms with Crippen molar-refractivity contribution >= 4 is 180 Å². The highest BCUT2D eigenvalue weighted by Crippen LogP contribution is 2.46. The van der Waals surface area contributed by atoms with E-state index < -0.39 is 0 Å². The summed E-state index contributed by atoms with van der Waals surface area (Å²) < 4.78 is 0. The van der Waals surface area contributed by atoms with Crippen molar-refractivity contribution in [1.29, 1.82) is 0 Å². The molecule has 9 heteroatoms. The molecule has 2 aliphatic carbocycles. The Balaban J connectivity index is 0.0000000818. The van der Waals surface area contributed by atoms with Crippen molar-refractivity contribution in [3.63, 3.8) is 0 Å². The third-order valence-corrected chi connectivity index (χ3v) is 21.4. The summed E-state index contributed by atoms with van der Waals surface area (Å²) in [5, 5.41) is 24.4. The van der Waals surface area contributed by atoms with Crippen LogP contribution in [0.25, 0.3) is 186 Å². The van der Waals surface area contributed by atoms with Crippen LogP contribution in [0.2, 0.25) is 0 Å². The van der Waals surface area contributed by atoms with Gasteiger partial charge in [-0.15, -0.1) is 0 Å². The Labute approximate surface area is 571 Å². The highest BCUT2D eigenvalue weighted by molar-refractivity contribution is 6.25. The summed E-state index contributed by atoms with van der Waals surface area (Å²) in [5.41, 5.74) is 27.6. The average molecular weight is 1280 g/mol. The summed E-state index contributed by atoms with van der Waals surface area (Å²) >= 11 is 0. The fourth-order valence-corrected chi connectivity index (χ4v) is 16.8. The van der Waals surface area contributed by atoms with E-state index in [1.165, 1.54) is 208 Å². The van der Waals surface area contributed by atoms with Gasteiger partial charge in [-0.3, -0.25) is 0 Å². The standard InChI is InChI=1S/C19H13N.3C18H12N2.C18H14N2/c1-2-6-14-12(5-1)9-13-10-17-15-7-3-4-8-18(15)20-19(17)11-16(13)14;1-3-7-15-11(5-1)13-9-14-12-6-2-4-8-16(12)20-18(14)10-17(13)19-15;1-3-7-14-11(5-1)12-9-10-16-17(18(12)20-14)13-6-2-4-8-15(13)19-16;1-3-7-15-11(5-1)13-9-10-14-12-6-2-4-8-16(12)20-18(14)17(13)19-15;1-3-7-13-11(5-1)17-15(19-13)9-10-16-18(17)12-6-2-4-8-14(12)20-16/h1-8,10-11,20H,9H2;3*1-10,19-20H;1-11,13,19-20H. The van der Waals surface area contributed by atoms with Crippen LogP contribution >= 0.6 is 0 Å². The molecule has 2 unspecified atom stereocenters. The number of allylic oxidation sites excluding steroid dienone is 2. The first-order valence-corrected chi connectivity index (χ1v) is 34.5. The third-order valence-electron chi connectivity index (χ3n) is 21.4. The Hall–Kier alpha value is -13.2. The van der Waals surface area contributed by atoms with Crippen molar-refractivity contribution in [2.75, 3.05) is 5.32 Å². The highest BCUT2D eigenvalue weighted by Gasteiger charge is 2.32. The minimum atomic E-state index is 0.397. The zero-order chi connectivity index (χ0) is 65.5. The number of hydrogen-bond donors (Lipinski definition) is 9. The largest absolute Gasteiger partial charge is 0.378 e. The molecule has 0 radical (unpaired) electrons. The van der Waals surface area contributed by atoms with Gasteiger partial charge in [0.1, 0.15) is 0 Å². The maximum atomic E-state index is 3.63. The summed E-state index contributed by atoms with van der Waals surface area (Å²) in [6, 6.07) is 99.4. The number of benzene rings is 14. The molecule has 8 aromatic heterocycles. The summed E-state index contributed by atoms with van der Waals surface area (Å²) in [7, 11) is 0. The molecule has 25 rings (SSSR count). The quantitative estimate of drug-likeness (QED) is 0.0734. The zero-order valence-corrected chi connectivity index (χ0v) is 54.2. The van der Waals surface area contributed by atoms with Gasteiger partial charge in [0.15, 0.2) is 0 Å². The lowest BCUT2D eigenvalue weighted by atomic mass is 9.89. The van der Waals surface area contributed by atoms with E-state index in [0.717, 1.165) is 6.42 Å². The number of fused-ring (bicyclic) bond motifs is 33. The number of para-hydroxylation sites is 8. The maximum Gasteiger partial charge on any atom is 0.0710 e. The zero-order valence-electron chi connectivity index (χ0n) is 54.2. The van der Waals surface area contributed by atoms with Gasteiger partial charge in [0.05, 0.1) is 22.6 Å². The summed E-state index contributed by atoms with van der Waals surface area (Å²) in [5.74, 6) is 0.443. The van der Waals surface area contributed by atoms with Gasteiger partial charge in [0.25, 0.3) is 0 Å². The molecule has 3 aliphatic rings. The first-order valence-electron chi connectivity index (χ1n) is 34.5. The molecule has 0 bridgehead atoms. The number of nitrogens with one attached hydrogen (secondary N) is 9. The van der Waals surface area contributed by atoms with Crippen LogP contribution in [0.3, 0.4) is 0 Å². The first-order chi connectivity index (χ1) is 49.5. The maximum absolute atomic E-state index is 3.63. The Morgan fingerprint density at radius 1 is 0.230 bits per heavy atom. The molecule has 9 heterocycles. The van der Waals surface area contributed by atoms with Crippen molar-refractivity contribution in [2.24, 2.45) is 0 Å². The molecule has 14 aromatic carbocycles.